The van der Waals surface area contributed by atoms with Crippen LogP contribution < -0.4 is 5.73 Å². The normalized spacial score (nSPS) is 15.8. The summed E-state index contributed by atoms with van der Waals surface area (Å²) in [6.07, 6.45) is 3.49. The van der Waals surface area contributed by atoms with Gasteiger partial charge in [-0.15, -0.1) is 5.10 Å². The molecule has 2 N–H and O–H groups in total. The maximum atomic E-state index is 6.17. The van der Waals surface area contributed by atoms with Crippen molar-refractivity contribution >= 4 is 17.3 Å². The van der Waals surface area contributed by atoms with E-state index in [2.05, 4.69) is 15.5 Å². The standard InChI is InChI=1S/C11H12ClN5/c12-10-6-7(13)4-5-9(10)11-14-15-16-17(11)8-2-1-3-8/h4-6,8H,1-3,13H2. The summed E-state index contributed by atoms with van der Waals surface area (Å²) >= 11 is 6.17. The predicted molar refractivity (Wildman–Crippen MR) is 65.6 cm³/mol. The fourth-order valence-corrected chi connectivity index (χ4v) is 2.23. The Morgan fingerprint density at radius 2 is 2.18 bits per heavy atom. The highest BCUT2D eigenvalue weighted by Crippen LogP contribution is 2.35. The van der Waals surface area contributed by atoms with Crippen molar-refractivity contribution in [3.05, 3.63) is 23.2 Å². The first-order valence-electron chi connectivity index (χ1n) is 5.59. The highest BCUT2D eigenvalue weighted by atomic mass is 35.5. The maximum absolute atomic E-state index is 6.17. The van der Waals surface area contributed by atoms with Crippen molar-refractivity contribution in [2.24, 2.45) is 0 Å². The van der Waals surface area contributed by atoms with Crippen molar-refractivity contribution in [3.8, 4) is 11.4 Å². The van der Waals surface area contributed by atoms with Gasteiger partial charge in [-0.1, -0.05) is 11.6 Å². The predicted octanol–water partition coefficient (Wildman–Crippen LogP) is 2.30. The second-order valence-electron chi connectivity index (χ2n) is 4.27. The van der Waals surface area contributed by atoms with Crippen LogP contribution in [0.3, 0.4) is 0 Å². The van der Waals surface area contributed by atoms with Gasteiger partial charge < -0.3 is 5.73 Å². The van der Waals surface area contributed by atoms with Gasteiger partial charge in [-0.25, -0.2) is 4.68 Å². The van der Waals surface area contributed by atoms with E-state index in [4.69, 9.17) is 17.3 Å². The summed E-state index contributed by atoms with van der Waals surface area (Å²) in [5.41, 5.74) is 7.14. The van der Waals surface area contributed by atoms with E-state index in [9.17, 15) is 0 Å². The van der Waals surface area contributed by atoms with Gasteiger partial charge in [0.25, 0.3) is 0 Å². The number of nitrogens with two attached hydrogens (primary N) is 1. The van der Waals surface area contributed by atoms with E-state index in [-0.39, 0.29) is 0 Å². The van der Waals surface area contributed by atoms with Crippen LogP contribution in [0.25, 0.3) is 11.4 Å². The minimum absolute atomic E-state index is 0.411. The first kappa shape index (κ1) is 10.5. The lowest BCUT2D eigenvalue weighted by Gasteiger charge is -2.25. The van der Waals surface area contributed by atoms with Crippen LogP contribution in [0.5, 0.6) is 0 Å². The fraction of sp³-hybridized carbons (Fsp3) is 0.364. The molecule has 0 atom stereocenters. The number of rotatable bonds is 2. The van der Waals surface area contributed by atoms with Crippen LogP contribution in [-0.4, -0.2) is 20.2 Å². The van der Waals surface area contributed by atoms with Crippen LogP contribution in [0.1, 0.15) is 25.3 Å². The summed E-state index contributed by atoms with van der Waals surface area (Å²) < 4.78 is 1.86. The van der Waals surface area contributed by atoms with E-state index >= 15 is 0 Å². The molecule has 1 aromatic heterocycles. The molecule has 1 aliphatic rings. The van der Waals surface area contributed by atoms with E-state index in [1.807, 2.05) is 10.7 Å². The summed E-state index contributed by atoms with van der Waals surface area (Å²) in [6, 6.07) is 5.80. The van der Waals surface area contributed by atoms with Gasteiger partial charge in [0.1, 0.15) is 0 Å². The zero-order valence-corrected chi connectivity index (χ0v) is 9.93. The third kappa shape index (κ3) is 1.76. The van der Waals surface area contributed by atoms with E-state index < -0.39 is 0 Å². The van der Waals surface area contributed by atoms with Crippen molar-refractivity contribution in [2.45, 2.75) is 25.3 Å². The molecule has 0 bridgehead atoms. The van der Waals surface area contributed by atoms with E-state index in [0.717, 1.165) is 24.2 Å². The van der Waals surface area contributed by atoms with Crippen LogP contribution in [0, 0.1) is 0 Å². The van der Waals surface area contributed by atoms with Gasteiger partial charge in [-0.05, 0) is 47.9 Å². The molecule has 1 aliphatic carbocycles. The Bertz CT molecular complexity index is 547. The molecule has 1 heterocycles. The third-order valence-electron chi connectivity index (χ3n) is 3.15. The van der Waals surface area contributed by atoms with Crippen LogP contribution >= 0.6 is 11.6 Å². The molecule has 17 heavy (non-hydrogen) atoms. The quantitative estimate of drug-likeness (QED) is 0.829. The number of nitrogens with zero attached hydrogens (tertiary/aromatic N) is 4. The minimum atomic E-state index is 0.411. The molecular formula is C11H12ClN5. The van der Waals surface area contributed by atoms with Crippen molar-refractivity contribution < 1.29 is 0 Å². The molecular weight excluding hydrogens is 238 g/mol. The molecule has 5 nitrogen and oxygen atoms in total. The average Bonchev–Trinajstić information content (AvgIpc) is 2.64. The van der Waals surface area contributed by atoms with Crippen LogP contribution in [-0.2, 0) is 0 Å². The van der Waals surface area contributed by atoms with E-state index in [1.54, 1.807) is 12.1 Å². The summed E-state index contributed by atoms with van der Waals surface area (Å²) in [4.78, 5) is 0. The van der Waals surface area contributed by atoms with Gasteiger partial charge in [0, 0.05) is 11.3 Å². The Labute approximate surface area is 104 Å². The zero-order chi connectivity index (χ0) is 11.8. The summed E-state index contributed by atoms with van der Waals surface area (Å²) in [7, 11) is 0. The number of hydrogen-bond acceptors (Lipinski definition) is 4. The van der Waals surface area contributed by atoms with Gasteiger partial charge in [0.05, 0.1) is 11.1 Å². The summed E-state index contributed by atoms with van der Waals surface area (Å²) in [5, 5.41) is 12.4. The summed E-state index contributed by atoms with van der Waals surface area (Å²) in [6.45, 7) is 0. The van der Waals surface area contributed by atoms with Gasteiger partial charge in [-0.2, -0.15) is 0 Å². The number of halogens is 1. The Hall–Kier alpha value is -1.62. The third-order valence-corrected chi connectivity index (χ3v) is 3.46. The van der Waals surface area contributed by atoms with Crippen molar-refractivity contribution in [2.75, 3.05) is 5.73 Å². The zero-order valence-electron chi connectivity index (χ0n) is 9.17. The Morgan fingerprint density at radius 1 is 1.35 bits per heavy atom. The number of hydrogen-bond donors (Lipinski definition) is 1. The molecule has 2 aromatic rings. The number of tetrazole rings is 1. The van der Waals surface area contributed by atoms with Gasteiger partial charge in [-0.3, -0.25) is 0 Å². The molecule has 0 amide bonds. The minimum Gasteiger partial charge on any atom is -0.399 e. The molecule has 88 valence electrons. The molecule has 0 unspecified atom stereocenters. The maximum Gasteiger partial charge on any atom is 0.183 e. The SMILES string of the molecule is Nc1ccc(-c2nnnn2C2CCC2)c(Cl)c1. The smallest absolute Gasteiger partial charge is 0.183 e. The number of anilines is 1. The molecule has 1 saturated carbocycles. The molecule has 1 aromatic carbocycles. The topological polar surface area (TPSA) is 69.6 Å². The largest absolute Gasteiger partial charge is 0.399 e. The molecule has 6 heteroatoms. The molecule has 3 rings (SSSR count). The first-order valence-corrected chi connectivity index (χ1v) is 5.97. The molecule has 1 fully saturated rings. The highest BCUT2D eigenvalue weighted by Gasteiger charge is 2.25. The average molecular weight is 250 g/mol. The van der Waals surface area contributed by atoms with Gasteiger partial charge in [0.15, 0.2) is 5.82 Å². The van der Waals surface area contributed by atoms with Gasteiger partial charge >= 0.3 is 0 Å². The second-order valence-corrected chi connectivity index (χ2v) is 4.68. The van der Waals surface area contributed by atoms with Crippen molar-refractivity contribution in [1.29, 1.82) is 0 Å². The van der Waals surface area contributed by atoms with E-state index in [0.29, 0.717) is 16.8 Å². The molecule has 0 radical (unpaired) electrons. The molecule has 0 aliphatic heterocycles. The van der Waals surface area contributed by atoms with Crippen molar-refractivity contribution in [1.82, 2.24) is 20.2 Å². The number of nitrogen functional groups attached to an aromatic ring is 1. The van der Waals surface area contributed by atoms with Crippen LogP contribution in [0.2, 0.25) is 5.02 Å². The Kier molecular flexibility index (Phi) is 2.48. The van der Waals surface area contributed by atoms with Crippen LogP contribution in [0.4, 0.5) is 5.69 Å². The lowest BCUT2D eigenvalue weighted by atomic mass is 9.93. The lowest BCUT2D eigenvalue weighted by Crippen LogP contribution is -2.19. The lowest BCUT2D eigenvalue weighted by molar-refractivity contribution is 0.287. The fourth-order valence-electron chi connectivity index (χ4n) is 1.96. The first-order chi connectivity index (χ1) is 8.25. The molecule has 0 saturated heterocycles. The Morgan fingerprint density at radius 3 is 2.82 bits per heavy atom. The monoisotopic (exact) mass is 249 g/mol. The van der Waals surface area contributed by atoms with E-state index in [1.165, 1.54) is 6.42 Å². The highest BCUT2D eigenvalue weighted by molar-refractivity contribution is 6.33. The number of benzene rings is 1. The van der Waals surface area contributed by atoms with Crippen LogP contribution in [0.15, 0.2) is 18.2 Å². The Balaban J connectivity index is 2.05. The molecule has 0 spiro atoms. The van der Waals surface area contributed by atoms with Gasteiger partial charge in [0.2, 0.25) is 0 Å². The van der Waals surface area contributed by atoms with Crippen molar-refractivity contribution in [3.63, 3.8) is 0 Å². The number of aromatic nitrogens is 4. The second kappa shape index (κ2) is 4.00. The summed E-state index contributed by atoms with van der Waals surface area (Å²) in [5.74, 6) is 0.722.